The Morgan fingerprint density at radius 2 is 1.50 bits per heavy atom. The Morgan fingerprint density at radius 3 is 2.16 bits per heavy atom. The van der Waals surface area contributed by atoms with Crippen LogP contribution in [0.25, 0.3) is 0 Å². The van der Waals surface area contributed by atoms with Crippen molar-refractivity contribution in [2.24, 2.45) is 0 Å². The van der Waals surface area contributed by atoms with Crippen molar-refractivity contribution in [3.05, 3.63) is 89.5 Å². The van der Waals surface area contributed by atoms with Crippen molar-refractivity contribution < 1.29 is 28.5 Å². The van der Waals surface area contributed by atoms with Crippen molar-refractivity contribution in [1.82, 2.24) is 5.32 Å². The highest BCUT2D eigenvalue weighted by Crippen LogP contribution is 2.21. The summed E-state index contributed by atoms with van der Waals surface area (Å²) >= 11 is 0. The van der Waals surface area contributed by atoms with Gasteiger partial charge in [0.25, 0.3) is 5.91 Å². The molecule has 0 aliphatic carbocycles. The van der Waals surface area contributed by atoms with Gasteiger partial charge in [-0.2, -0.15) is 0 Å². The zero-order valence-corrected chi connectivity index (χ0v) is 18.0. The molecule has 7 nitrogen and oxygen atoms in total. The van der Waals surface area contributed by atoms with E-state index < -0.39 is 5.97 Å². The first-order valence-electron chi connectivity index (χ1n) is 10.0. The second kappa shape index (κ2) is 11.4. The van der Waals surface area contributed by atoms with Crippen LogP contribution in [0.1, 0.15) is 21.5 Å². The molecule has 166 valence electrons. The van der Waals surface area contributed by atoms with Crippen LogP contribution in [0.2, 0.25) is 0 Å². The predicted molar refractivity (Wildman–Crippen MR) is 119 cm³/mol. The van der Waals surface area contributed by atoms with E-state index >= 15 is 0 Å². The fraction of sp³-hybridized carbons (Fsp3) is 0.200. The molecular formula is C25H25NO6. The van der Waals surface area contributed by atoms with Gasteiger partial charge in [-0.05, 0) is 47.5 Å². The van der Waals surface area contributed by atoms with Crippen LogP contribution in [0.15, 0.2) is 72.8 Å². The van der Waals surface area contributed by atoms with Gasteiger partial charge in [0.2, 0.25) is 0 Å². The number of esters is 1. The summed E-state index contributed by atoms with van der Waals surface area (Å²) in [7, 11) is 2.78. The number of benzene rings is 3. The van der Waals surface area contributed by atoms with Crippen LogP contribution < -0.4 is 19.5 Å². The van der Waals surface area contributed by atoms with Crippen LogP contribution in [0.3, 0.4) is 0 Å². The van der Waals surface area contributed by atoms with Gasteiger partial charge in [0.1, 0.15) is 29.4 Å². The monoisotopic (exact) mass is 435 g/mol. The summed E-state index contributed by atoms with van der Waals surface area (Å²) in [5, 5.41) is 2.76. The van der Waals surface area contributed by atoms with E-state index in [0.29, 0.717) is 29.4 Å². The Bertz CT molecular complexity index is 1030. The van der Waals surface area contributed by atoms with E-state index in [9.17, 15) is 9.59 Å². The third-order valence-corrected chi connectivity index (χ3v) is 4.60. The van der Waals surface area contributed by atoms with Crippen LogP contribution in [0.4, 0.5) is 0 Å². The molecular weight excluding hydrogens is 410 g/mol. The average molecular weight is 435 g/mol. The first kappa shape index (κ1) is 22.7. The molecule has 3 aromatic rings. The highest BCUT2D eigenvalue weighted by atomic mass is 16.5. The third-order valence-electron chi connectivity index (χ3n) is 4.60. The van der Waals surface area contributed by atoms with Gasteiger partial charge in [-0.15, -0.1) is 0 Å². The largest absolute Gasteiger partial charge is 0.496 e. The molecule has 0 saturated carbocycles. The Balaban J connectivity index is 1.45. The Kier molecular flexibility index (Phi) is 8.09. The molecule has 0 atom stereocenters. The number of nitrogens with one attached hydrogen (secondary N) is 1. The number of hydrogen-bond donors (Lipinski definition) is 1. The summed E-state index contributed by atoms with van der Waals surface area (Å²) < 4.78 is 21.2. The first-order chi connectivity index (χ1) is 15.6. The summed E-state index contributed by atoms with van der Waals surface area (Å²) in [6.45, 7) is 0.583. The van der Waals surface area contributed by atoms with Crippen LogP contribution in [-0.4, -0.2) is 32.7 Å². The number of carbonyl (C=O) groups excluding carboxylic acids is 2. The fourth-order valence-corrected chi connectivity index (χ4v) is 2.91. The lowest BCUT2D eigenvalue weighted by molar-refractivity contribution is -0.123. The molecule has 0 spiro atoms. The van der Waals surface area contributed by atoms with Crippen molar-refractivity contribution >= 4 is 11.9 Å². The van der Waals surface area contributed by atoms with Crippen LogP contribution in [-0.2, 0) is 22.7 Å². The van der Waals surface area contributed by atoms with Gasteiger partial charge in [0.15, 0.2) is 6.61 Å². The maximum Gasteiger partial charge on any atom is 0.341 e. The number of carbonyl (C=O) groups is 2. The van der Waals surface area contributed by atoms with Gasteiger partial charge < -0.3 is 24.3 Å². The molecule has 0 radical (unpaired) electrons. The van der Waals surface area contributed by atoms with Crippen molar-refractivity contribution in [3.63, 3.8) is 0 Å². The zero-order valence-electron chi connectivity index (χ0n) is 18.0. The summed E-state index contributed by atoms with van der Waals surface area (Å²) in [4.78, 5) is 24.0. The number of amides is 1. The van der Waals surface area contributed by atoms with Crippen molar-refractivity contribution in [3.8, 4) is 17.2 Å². The van der Waals surface area contributed by atoms with Gasteiger partial charge in [0, 0.05) is 6.54 Å². The highest BCUT2D eigenvalue weighted by molar-refractivity contribution is 5.92. The molecule has 1 amide bonds. The molecule has 0 aliphatic heterocycles. The van der Waals surface area contributed by atoms with E-state index in [1.54, 1.807) is 42.5 Å². The minimum Gasteiger partial charge on any atom is -0.496 e. The highest BCUT2D eigenvalue weighted by Gasteiger charge is 2.14. The maximum atomic E-state index is 12.1. The summed E-state index contributed by atoms with van der Waals surface area (Å²) in [5.74, 6) is 0.891. The quantitative estimate of drug-likeness (QED) is 0.489. The van der Waals surface area contributed by atoms with Crippen molar-refractivity contribution in [1.29, 1.82) is 0 Å². The van der Waals surface area contributed by atoms with Crippen molar-refractivity contribution in [2.45, 2.75) is 13.2 Å². The standard InChI is InChI=1S/C25H25NO6/c1-29-23-13-8-19(14-22(23)25(28)30-2)15-26-24(27)17-32-21-11-9-20(10-12-21)31-16-18-6-4-3-5-7-18/h3-14H,15-17H2,1-2H3,(H,26,27). The second-order valence-electron chi connectivity index (χ2n) is 6.84. The molecule has 0 aromatic heterocycles. The van der Waals surface area contributed by atoms with Crippen LogP contribution in [0.5, 0.6) is 17.2 Å². The zero-order chi connectivity index (χ0) is 22.8. The van der Waals surface area contributed by atoms with Crippen LogP contribution in [0, 0.1) is 0 Å². The lowest BCUT2D eigenvalue weighted by atomic mass is 10.1. The molecule has 0 bridgehead atoms. The average Bonchev–Trinajstić information content (AvgIpc) is 2.85. The Hall–Kier alpha value is -4.00. The first-order valence-corrected chi connectivity index (χ1v) is 10.0. The summed E-state index contributed by atoms with van der Waals surface area (Å²) in [5.41, 5.74) is 2.12. The Morgan fingerprint density at radius 1 is 0.812 bits per heavy atom. The molecule has 0 unspecified atom stereocenters. The SMILES string of the molecule is COC(=O)c1cc(CNC(=O)COc2ccc(OCc3ccccc3)cc2)ccc1OC. The molecule has 1 N–H and O–H groups in total. The predicted octanol–water partition coefficient (Wildman–Crippen LogP) is 3.76. The maximum absolute atomic E-state index is 12.1. The molecule has 0 heterocycles. The molecule has 0 aliphatic rings. The second-order valence-corrected chi connectivity index (χ2v) is 6.84. The summed E-state index contributed by atoms with van der Waals surface area (Å²) in [6.07, 6.45) is 0. The lowest BCUT2D eigenvalue weighted by Crippen LogP contribution is -2.28. The molecule has 3 rings (SSSR count). The smallest absolute Gasteiger partial charge is 0.341 e. The van der Waals surface area contributed by atoms with Gasteiger partial charge in [-0.3, -0.25) is 4.79 Å². The topological polar surface area (TPSA) is 83.1 Å². The van der Waals surface area contributed by atoms with Crippen LogP contribution >= 0.6 is 0 Å². The van der Waals surface area contributed by atoms with Gasteiger partial charge in [0.05, 0.1) is 14.2 Å². The minimum atomic E-state index is -0.505. The third kappa shape index (κ3) is 6.50. The molecule has 0 saturated heterocycles. The molecule has 7 heteroatoms. The molecule has 32 heavy (non-hydrogen) atoms. The normalized spacial score (nSPS) is 10.2. The van der Waals surface area contributed by atoms with E-state index in [2.05, 4.69) is 5.32 Å². The van der Waals surface area contributed by atoms with E-state index in [-0.39, 0.29) is 19.1 Å². The van der Waals surface area contributed by atoms with Crippen molar-refractivity contribution in [2.75, 3.05) is 20.8 Å². The minimum absolute atomic E-state index is 0.135. The van der Waals surface area contributed by atoms with E-state index in [1.807, 2.05) is 30.3 Å². The van der Waals surface area contributed by atoms with Gasteiger partial charge in [-0.1, -0.05) is 36.4 Å². The number of ether oxygens (including phenoxy) is 4. The van der Waals surface area contributed by atoms with E-state index in [1.165, 1.54) is 14.2 Å². The van der Waals surface area contributed by atoms with Gasteiger partial charge >= 0.3 is 5.97 Å². The number of methoxy groups -OCH3 is 2. The van der Waals surface area contributed by atoms with Gasteiger partial charge in [-0.25, -0.2) is 4.79 Å². The van der Waals surface area contributed by atoms with E-state index in [4.69, 9.17) is 18.9 Å². The lowest BCUT2D eigenvalue weighted by Gasteiger charge is -2.11. The molecule has 0 fully saturated rings. The molecule has 3 aromatic carbocycles. The number of hydrogen-bond acceptors (Lipinski definition) is 6. The Labute approximate surface area is 186 Å². The number of rotatable bonds is 10. The van der Waals surface area contributed by atoms with E-state index in [0.717, 1.165) is 11.1 Å². The summed E-state index contributed by atoms with van der Waals surface area (Å²) in [6, 6.07) is 22.0. The fourth-order valence-electron chi connectivity index (χ4n) is 2.91.